The number of carbonyl (C=O) groups is 1. The highest BCUT2D eigenvalue weighted by atomic mass is 35.5. The van der Waals surface area contributed by atoms with E-state index in [-0.39, 0.29) is 25.9 Å². The molecule has 2 heterocycles. The molecule has 4 aromatic rings. The molecule has 52 heavy (non-hydrogen) atoms. The summed E-state index contributed by atoms with van der Waals surface area (Å²) in [6, 6.07) is 18.2. The number of likely N-dealkylation sites (N-methyl/N-ethyl adjacent to an activating group) is 1. The average molecular weight is 729 g/mol. The lowest BCUT2D eigenvalue weighted by Crippen LogP contribution is -2.40. The topological polar surface area (TPSA) is 149 Å². The highest BCUT2D eigenvalue weighted by Gasteiger charge is 2.24. The number of aliphatic carboxylic acids is 1. The number of ether oxygens (including phenoxy) is 3. The molecule has 2 atom stereocenters. The molecule has 11 nitrogen and oxygen atoms in total. The second-order valence-corrected chi connectivity index (χ2v) is 13.5. The second kappa shape index (κ2) is 18.2. The van der Waals surface area contributed by atoms with Crippen LogP contribution in [-0.4, -0.2) is 88.1 Å². The fraction of sp³-hybridized carbons (Fsp3) is 0.375. The van der Waals surface area contributed by atoms with Gasteiger partial charge >= 0.3 is 5.97 Å². The summed E-state index contributed by atoms with van der Waals surface area (Å²) in [5.41, 5.74) is 6.86. The van der Waals surface area contributed by atoms with Gasteiger partial charge in [0.05, 0.1) is 29.9 Å². The third-order valence-corrected chi connectivity index (χ3v) is 9.67. The van der Waals surface area contributed by atoms with Gasteiger partial charge in [0.1, 0.15) is 42.6 Å². The lowest BCUT2D eigenvalue weighted by molar-refractivity contribution is -0.144. The SMILES string of the molecule is Cc1c(COc2cc(OCc3cncc(C#N)c3)c(CN(C)[C@@H](CO)C(=O)O)cc2Cl)cccc1-c1cccc(OCCCN2CC[C@@H](O)C2)c1C. The molecule has 0 radical (unpaired) electrons. The summed E-state index contributed by atoms with van der Waals surface area (Å²) in [6.07, 6.45) is 4.56. The zero-order valence-corrected chi connectivity index (χ0v) is 30.5. The van der Waals surface area contributed by atoms with Crippen molar-refractivity contribution in [2.24, 2.45) is 0 Å². The minimum Gasteiger partial charge on any atom is -0.493 e. The molecule has 1 aliphatic rings. The summed E-state index contributed by atoms with van der Waals surface area (Å²) >= 11 is 6.75. The molecule has 0 bridgehead atoms. The maximum absolute atomic E-state index is 11.7. The first-order valence-electron chi connectivity index (χ1n) is 17.3. The Morgan fingerprint density at radius 2 is 1.77 bits per heavy atom. The molecule has 1 fully saturated rings. The first-order valence-corrected chi connectivity index (χ1v) is 17.6. The summed E-state index contributed by atoms with van der Waals surface area (Å²) in [7, 11) is 1.60. The molecule has 1 saturated heterocycles. The van der Waals surface area contributed by atoms with Crippen LogP contribution in [0, 0.1) is 25.2 Å². The number of benzene rings is 3. The number of β-amino-alcohol motifs (C(OH)–C–C–N with tert-alkyl or cyclic N) is 1. The van der Waals surface area contributed by atoms with Crippen LogP contribution in [0.2, 0.25) is 5.02 Å². The van der Waals surface area contributed by atoms with Gasteiger partial charge < -0.3 is 34.4 Å². The Balaban J connectivity index is 1.32. The monoisotopic (exact) mass is 728 g/mol. The van der Waals surface area contributed by atoms with Crippen molar-refractivity contribution in [3.8, 4) is 34.4 Å². The van der Waals surface area contributed by atoms with E-state index in [4.69, 9.17) is 25.8 Å². The van der Waals surface area contributed by atoms with Gasteiger partial charge in [-0.2, -0.15) is 5.26 Å². The molecular weight excluding hydrogens is 684 g/mol. The maximum atomic E-state index is 11.7. The van der Waals surface area contributed by atoms with Gasteiger partial charge in [-0.15, -0.1) is 0 Å². The average Bonchev–Trinajstić information content (AvgIpc) is 3.55. The molecular formula is C40H45ClN4O7. The summed E-state index contributed by atoms with van der Waals surface area (Å²) in [5, 5.41) is 38.6. The lowest BCUT2D eigenvalue weighted by atomic mass is 9.93. The van der Waals surface area contributed by atoms with Crippen molar-refractivity contribution in [2.45, 2.75) is 58.6 Å². The van der Waals surface area contributed by atoms with Crippen molar-refractivity contribution in [2.75, 3.05) is 39.9 Å². The highest BCUT2D eigenvalue weighted by molar-refractivity contribution is 6.32. The van der Waals surface area contributed by atoms with Crippen LogP contribution in [0.25, 0.3) is 11.1 Å². The van der Waals surface area contributed by atoms with Crippen LogP contribution < -0.4 is 14.2 Å². The van der Waals surface area contributed by atoms with E-state index >= 15 is 0 Å². The number of hydrogen-bond donors (Lipinski definition) is 3. The van der Waals surface area contributed by atoms with Gasteiger partial charge in [0.25, 0.3) is 0 Å². The number of nitriles is 1. The van der Waals surface area contributed by atoms with Crippen LogP contribution in [0.1, 0.15) is 46.2 Å². The number of nitrogens with zero attached hydrogens (tertiary/aromatic N) is 4. The van der Waals surface area contributed by atoms with E-state index in [1.54, 1.807) is 31.4 Å². The number of carboxylic acids is 1. The Kier molecular flexibility index (Phi) is 13.5. The minimum absolute atomic E-state index is 0.0918. The van der Waals surface area contributed by atoms with Gasteiger partial charge in [0, 0.05) is 55.8 Å². The molecule has 0 unspecified atom stereocenters. The molecule has 1 aliphatic heterocycles. The van der Waals surface area contributed by atoms with Crippen LogP contribution in [0.15, 0.2) is 67.0 Å². The molecule has 0 spiro atoms. The van der Waals surface area contributed by atoms with Crippen LogP contribution in [0.5, 0.6) is 17.2 Å². The van der Waals surface area contributed by atoms with E-state index in [2.05, 4.69) is 41.9 Å². The highest BCUT2D eigenvalue weighted by Crippen LogP contribution is 2.37. The summed E-state index contributed by atoms with van der Waals surface area (Å²) in [4.78, 5) is 19.6. The fourth-order valence-corrected chi connectivity index (χ4v) is 6.59. The molecule has 0 saturated carbocycles. The standard InChI is InChI=1S/C40H45ClN4O7/c1-26-30(7-4-8-33(26)34-9-5-10-37(27(34)2)50-14-6-12-45-13-11-32(47)22-45)25-52-39-17-38(51-24-29-15-28(18-42)19-43-20-29)31(16-35(39)41)21-44(3)36(23-46)40(48)49/h4-5,7-10,15-17,19-20,32,36,46-47H,6,11-14,21-25H2,1-3H3,(H,48,49)/t32-,36+/m1/s1. The van der Waals surface area contributed by atoms with Crippen molar-refractivity contribution in [1.29, 1.82) is 5.26 Å². The largest absolute Gasteiger partial charge is 0.493 e. The van der Waals surface area contributed by atoms with Gasteiger partial charge in [-0.25, -0.2) is 0 Å². The third-order valence-electron chi connectivity index (χ3n) is 9.37. The molecule has 0 aliphatic carbocycles. The number of pyridine rings is 1. The van der Waals surface area contributed by atoms with Crippen molar-refractivity contribution >= 4 is 17.6 Å². The maximum Gasteiger partial charge on any atom is 0.323 e. The van der Waals surface area contributed by atoms with E-state index in [0.29, 0.717) is 39.8 Å². The Bertz CT molecular complexity index is 1900. The van der Waals surface area contributed by atoms with Gasteiger partial charge in [0.15, 0.2) is 0 Å². The third kappa shape index (κ3) is 9.79. The number of aromatic nitrogens is 1. The smallest absolute Gasteiger partial charge is 0.323 e. The first-order chi connectivity index (χ1) is 25.1. The number of hydrogen-bond acceptors (Lipinski definition) is 10. The zero-order chi connectivity index (χ0) is 37.2. The number of carboxylic acid groups (broad SMARTS) is 1. The predicted octanol–water partition coefficient (Wildman–Crippen LogP) is 5.76. The van der Waals surface area contributed by atoms with Crippen LogP contribution in [0.3, 0.4) is 0 Å². The predicted molar refractivity (Wildman–Crippen MR) is 198 cm³/mol. The van der Waals surface area contributed by atoms with E-state index < -0.39 is 18.6 Å². The molecule has 274 valence electrons. The van der Waals surface area contributed by atoms with Crippen molar-refractivity contribution < 1.29 is 34.3 Å². The van der Waals surface area contributed by atoms with E-state index in [1.165, 1.54) is 11.1 Å². The first kappa shape index (κ1) is 38.5. The number of likely N-dealkylation sites (tertiary alicyclic amines) is 1. The normalized spacial score (nSPS) is 15.0. The molecule has 3 N–H and O–H groups in total. The van der Waals surface area contributed by atoms with Gasteiger partial charge in [0.2, 0.25) is 0 Å². The van der Waals surface area contributed by atoms with Crippen LogP contribution >= 0.6 is 11.6 Å². The Morgan fingerprint density at radius 3 is 2.48 bits per heavy atom. The quantitative estimate of drug-likeness (QED) is 0.114. The number of halogens is 1. The lowest BCUT2D eigenvalue weighted by Gasteiger charge is -2.24. The molecule has 5 rings (SSSR count). The Morgan fingerprint density at radius 1 is 1.02 bits per heavy atom. The number of rotatable bonds is 17. The molecule has 12 heteroatoms. The van der Waals surface area contributed by atoms with Crippen LogP contribution in [-0.2, 0) is 24.6 Å². The van der Waals surface area contributed by atoms with Crippen molar-refractivity contribution in [3.63, 3.8) is 0 Å². The summed E-state index contributed by atoms with van der Waals surface area (Å²) < 4.78 is 18.7. The van der Waals surface area contributed by atoms with Crippen molar-refractivity contribution in [3.05, 3.63) is 105 Å². The van der Waals surface area contributed by atoms with E-state index in [9.17, 15) is 25.4 Å². The Labute approximate surface area is 309 Å². The minimum atomic E-state index is -1.15. The van der Waals surface area contributed by atoms with Gasteiger partial charge in [-0.05, 0) is 79.8 Å². The Hall–Kier alpha value is -4.70. The van der Waals surface area contributed by atoms with Crippen LogP contribution in [0.4, 0.5) is 0 Å². The van der Waals surface area contributed by atoms with Crippen molar-refractivity contribution in [1.82, 2.24) is 14.8 Å². The molecule has 1 aromatic heterocycles. The van der Waals surface area contributed by atoms with Gasteiger partial charge in [-0.1, -0.05) is 41.9 Å². The van der Waals surface area contributed by atoms with E-state index in [0.717, 1.165) is 66.0 Å². The fourth-order valence-electron chi connectivity index (χ4n) is 6.35. The number of aliphatic hydroxyl groups is 2. The molecule has 0 amide bonds. The number of aliphatic hydroxyl groups excluding tert-OH is 2. The second-order valence-electron chi connectivity index (χ2n) is 13.1. The summed E-state index contributed by atoms with van der Waals surface area (Å²) in [5.74, 6) is 0.476. The van der Waals surface area contributed by atoms with Gasteiger partial charge in [-0.3, -0.25) is 14.7 Å². The molecule has 3 aromatic carbocycles. The van der Waals surface area contributed by atoms with E-state index in [1.807, 2.05) is 24.3 Å². The summed E-state index contributed by atoms with van der Waals surface area (Å²) in [6.45, 7) is 7.14. The zero-order valence-electron chi connectivity index (χ0n) is 29.7.